The molecule has 8 heteroatoms. The van der Waals surface area contributed by atoms with Crippen molar-refractivity contribution in [1.82, 2.24) is 24.5 Å². The van der Waals surface area contributed by atoms with Crippen molar-refractivity contribution in [3.63, 3.8) is 0 Å². The van der Waals surface area contributed by atoms with Gasteiger partial charge in [0.1, 0.15) is 23.0 Å². The van der Waals surface area contributed by atoms with E-state index in [9.17, 15) is 9.18 Å². The average Bonchev–Trinajstić information content (AvgIpc) is 3.32. The molecule has 29 heavy (non-hydrogen) atoms. The van der Waals surface area contributed by atoms with Crippen LogP contribution < -0.4 is 5.69 Å². The monoisotopic (exact) mass is 395 g/mol. The summed E-state index contributed by atoms with van der Waals surface area (Å²) in [5.41, 5.74) is 0.756. The molecular weight excluding hydrogens is 373 g/mol. The van der Waals surface area contributed by atoms with Crippen molar-refractivity contribution in [1.29, 1.82) is 0 Å². The number of hydrogen-bond donors (Lipinski definition) is 0. The number of benzene rings is 1. The Kier molecular flexibility index (Phi) is 5.50. The van der Waals surface area contributed by atoms with Gasteiger partial charge < -0.3 is 4.42 Å². The molecule has 0 aliphatic carbocycles. The number of halogens is 1. The highest BCUT2D eigenvalue weighted by atomic mass is 19.1. The molecule has 7 nitrogen and oxygen atoms in total. The number of rotatable bonds is 8. The molecule has 150 valence electrons. The van der Waals surface area contributed by atoms with Crippen LogP contribution in [0, 0.1) is 5.82 Å². The normalized spacial score (nSPS) is 11.4. The second kappa shape index (κ2) is 8.38. The SMILES string of the molecule is CCCCCCc1cc2cn(Cc3cn(-c4ccccc4F)nn3)c(=O)nc2o1. The zero-order chi connectivity index (χ0) is 20.2. The lowest BCUT2D eigenvalue weighted by molar-refractivity contribution is 0.517. The standard InChI is InChI=1S/C21H22FN5O2/c1-2-3-4-5-8-17-11-15-12-26(21(28)23-20(15)29-17)13-16-14-27(25-24-16)19-10-7-6-9-18(19)22/h6-7,9-12,14H,2-5,8,13H2,1H3. The Balaban J connectivity index is 1.53. The molecule has 0 amide bonds. The molecule has 0 bridgehead atoms. The highest BCUT2D eigenvalue weighted by molar-refractivity contribution is 5.72. The zero-order valence-electron chi connectivity index (χ0n) is 16.2. The molecule has 0 radical (unpaired) electrons. The van der Waals surface area contributed by atoms with Gasteiger partial charge in [0.25, 0.3) is 0 Å². The molecule has 0 saturated heterocycles. The number of fused-ring (bicyclic) bond motifs is 1. The summed E-state index contributed by atoms with van der Waals surface area (Å²) in [6, 6.07) is 8.24. The van der Waals surface area contributed by atoms with E-state index in [0.717, 1.165) is 30.4 Å². The van der Waals surface area contributed by atoms with Gasteiger partial charge in [0.15, 0.2) is 0 Å². The summed E-state index contributed by atoms with van der Waals surface area (Å²) in [5.74, 6) is 0.445. The minimum atomic E-state index is -0.426. The Hall–Kier alpha value is -3.29. The molecular formula is C21H22FN5O2. The van der Waals surface area contributed by atoms with Crippen LogP contribution in [0.4, 0.5) is 4.39 Å². The Morgan fingerprint density at radius 1 is 1.14 bits per heavy atom. The van der Waals surface area contributed by atoms with Gasteiger partial charge in [-0.15, -0.1) is 5.10 Å². The molecule has 0 aliphatic heterocycles. The molecule has 1 aromatic carbocycles. The number of furan rings is 1. The van der Waals surface area contributed by atoms with E-state index in [1.54, 1.807) is 30.6 Å². The number of nitrogens with zero attached hydrogens (tertiary/aromatic N) is 5. The number of aromatic nitrogens is 5. The van der Waals surface area contributed by atoms with Crippen LogP contribution in [0.25, 0.3) is 16.8 Å². The average molecular weight is 395 g/mol. The van der Waals surface area contributed by atoms with Gasteiger partial charge >= 0.3 is 5.69 Å². The van der Waals surface area contributed by atoms with Crippen LogP contribution in [0.1, 0.15) is 44.1 Å². The largest absolute Gasteiger partial charge is 0.443 e. The first kappa shape index (κ1) is 19.0. The number of hydrogen-bond acceptors (Lipinski definition) is 5. The number of para-hydroxylation sites is 1. The van der Waals surface area contributed by atoms with Gasteiger partial charge in [-0.3, -0.25) is 4.57 Å². The van der Waals surface area contributed by atoms with Crippen LogP contribution in [0.2, 0.25) is 0 Å². The molecule has 3 heterocycles. The summed E-state index contributed by atoms with van der Waals surface area (Å²) < 4.78 is 22.4. The van der Waals surface area contributed by atoms with Gasteiger partial charge in [0.05, 0.1) is 18.1 Å². The number of unbranched alkanes of at least 4 members (excludes halogenated alkanes) is 3. The topological polar surface area (TPSA) is 78.7 Å². The molecule has 0 N–H and O–H groups in total. The van der Waals surface area contributed by atoms with Crippen LogP contribution in [-0.2, 0) is 13.0 Å². The summed E-state index contributed by atoms with van der Waals surface area (Å²) in [6.45, 7) is 2.36. The predicted molar refractivity (Wildman–Crippen MR) is 107 cm³/mol. The lowest BCUT2D eigenvalue weighted by Crippen LogP contribution is -2.22. The molecule has 3 aromatic heterocycles. The van der Waals surface area contributed by atoms with E-state index in [0.29, 0.717) is 17.1 Å². The molecule has 0 aliphatic rings. The fourth-order valence-corrected chi connectivity index (χ4v) is 3.26. The van der Waals surface area contributed by atoms with E-state index in [2.05, 4.69) is 22.2 Å². The Labute approximate surface area is 166 Å². The van der Waals surface area contributed by atoms with Crippen LogP contribution in [0.15, 0.2) is 51.9 Å². The summed E-state index contributed by atoms with van der Waals surface area (Å²) >= 11 is 0. The molecule has 0 unspecified atom stereocenters. The molecule has 4 aromatic rings. The number of aryl methyl sites for hydroxylation is 1. The first-order valence-electron chi connectivity index (χ1n) is 9.80. The van der Waals surface area contributed by atoms with Gasteiger partial charge in [-0.2, -0.15) is 4.98 Å². The zero-order valence-corrected chi connectivity index (χ0v) is 16.2. The lowest BCUT2D eigenvalue weighted by Gasteiger charge is -2.02. The van der Waals surface area contributed by atoms with Crippen LogP contribution in [0.5, 0.6) is 0 Å². The maximum Gasteiger partial charge on any atom is 0.351 e. The summed E-state index contributed by atoms with van der Waals surface area (Å²) in [5, 5.41) is 8.78. The van der Waals surface area contributed by atoms with Gasteiger partial charge in [0, 0.05) is 12.6 Å². The van der Waals surface area contributed by atoms with E-state index in [1.165, 1.54) is 28.2 Å². The van der Waals surface area contributed by atoms with Crippen molar-refractivity contribution < 1.29 is 8.81 Å². The Morgan fingerprint density at radius 3 is 2.83 bits per heavy atom. The molecule has 0 atom stereocenters. The van der Waals surface area contributed by atoms with Crippen molar-refractivity contribution in [2.75, 3.05) is 0 Å². The van der Waals surface area contributed by atoms with Crippen molar-refractivity contribution >= 4 is 11.1 Å². The fourth-order valence-electron chi connectivity index (χ4n) is 3.26. The predicted octanol–water partition coefficient (Wildman–Crippen LogP) is 3.88. The summed E-state index contributed by atoms with van der Waals surface area (Å²) in [4.78, 5) is 16.4. The molecule has 0 saturated carbocycles. The van der Waals surface area contributed by atoms with E-state index >= 15 is 0 Å². The van der Waals surface area contributed by atoms with Crippen molar-refractivity contribution in [2.24, 2.45) is 0 Å². The highest BCUT2D eigenvalue weighted by Gasteiger charge is 2.11. The second-order valence-corrected chi connectivity index (χ2v) is 7.04. The van der Waals surface area contributed by atoms with E-state index < -0.39 is 11.5 Å². The quantitative estimate of drug-likeness (QED) is 0.423. The van der Waals surface area contributed by atoms with Crippen LogP contribution >= 0.6 is 0 Å². The van der Waals surface area contributed by atoms with Gasteiger partial charge in [0.2, 0.25) is 5.71 Å². The maximum absolute atomic E-state index is 13.9. The third-order valence-corrected chi connectivity index (χ3v) is 4.78. The van der Waals surface area contributed by atoms with Crippen molar-refractivity contribution in [3.05, 3.63) is 70.5 Å². The summed E-state index contributed by atoms with van der Waals surface area (Å²) in [7, 11) is 0. The Morgan fingerprint density at radius 2 is 2.00 bits per heavy atom. The smallest absolute Gasteiger partial charge is 0.351 e. The van der Waals surface area contributed by atoms with Crippen LogP contribution in [0.3, 0.4) is 0 Å². The molecule has 0 spiro atoms. The van der Waals surface area contributed by atoms with Crippen molar-refractivity contribution in [2.45, 2.75) is 45.6 Å². The third-order valence-electron chi connectivity index (χ3n) is 4.78. The van der Waals surface area contributed by atoms with Gasteiger partial charge in [-0.05, 0) is 24.6 Å². The molecule has 0 fully saturated rings. The fraction of sp³-hybridized carbons (Fsp3) is 0.333. The second-order valence-electron chi connectivity index (χ2n) is 7.04. The van der Waals surface area contributed by atoms with E-state index in [4.69, 9.17) is 4.42 Å². The Bertz CT molecular complexity index is 1180. The van der Waals surface area contributed by atoms with E-state index in [1.807, 2.05) is 6.07 Å². The minimum absolute atomic E-state index is 0.188. The summed E-state index contributed by atoms with van der Waals surface area (Å²) in [6.07, 6.45) is 8.75. The van der Waals surface area contributed by atoms with Gasteiger partial charge in [-0.25, -0.2) is 13.9 Å². The maximum atomic E-state index is 13.9. The lowest BCUT2D eigenvalue weighted by atomic mass is 10.1. The highest BCUT2D eigenvalue weighted by Crippen LogP contribution is 2.18. The first-order valence-corrected chi connectivity index (χ1v) is 9.80. The van der Waals surface area contributed by atoms with Crippen LogP contribution in [-0.4, -0.2) is 24.5 Å². The van der Waals surface area contributed by atoms with Gasteiger partial charge in [-0.1, -0.05) is 43.5 Å². The minimum Gasteiger partial charge on any atom is -0.443 e. The van der Waals surface area contributed by atoms with Crippen molar-refractivity contribution in [3.8, 4) is 5.69 Å². The first-order chi connectivity index (χ1) is 14.1. The molecule has 4 rings (SSSR count). The third kappa shape index (κ3) is 4.26. The van der Waals surface area contributed by atoms with E-state index in [-0.39, 0.29) is 6.54 Å².